The van der Waals surface area contributed by atoms with Crippen LogP contribution in [0.25, 0.3) is 11.3 Å². The molecule has 2 N–H and O–H groups in total. The van der Waals surface area contributed by atoms with Gasteiger partial charge in [0.25, 0.3) is 5.92 Å². The van der Waals surface area contributed by atoms with E-state index < -0.39 is 11.9 Å². The van der Waals surface area contributed by atoms with Gasteiger partial charge < -0.3 is 10.5 Å². The average molecular weight is 292 g/mol. The molecule has 1 aromatic heterocycles. The maximum absolute atomic E-state index is 13.8. The molecule has 2 rings (SSSR count). The number of esters is 1. The minimum absolute atomic E-state index is 0.0118. The van der Waals surface area contributed by atoms with Crippen LogP contribution in [-0.2, 0) is 10.7 Å². The van der Waals surface area contributed by atoms with Crippen LogP contribution in [0.2, 0.25) is 0 Å². The van der Waals surface area contributed by atoms with Gasteiger partial charge in [0.1, 0.15) is 0 Å². The predicted molar refractivity (Wildman–Crippen MR) is 75.0 cm³/mol. The first kappa shape index (κ1) is 14.9. The first-order valence-electron chi connectivity index (χ1n) is 6.17. The van der Waals surface area contributed by atoms with Crippen LogP contribution in [-0.4, -0.2) is 18.1 Å². The quantitative estimate of drug-likeness (QED) is 0.882. The Morgan fingerprint density at radius 2 is 1.90 bits per heavy atom. The Hall–Kier alpha value is -2.50. The van der Waals surface area contributed by atoms with Gasteiger partial charge in [-0.25, -0.2) is 18.6 Å². The summed E-state index contributed by atoms with van der Waals surface area (Å²) in [5.74, 6) is -3.91. The Kier molecular flexibility index (Phi) is 3.88. The molecular weight excluding hydrogens is 278 g/mol. The molecule has 0 amide bonds. The van der Waals surface area contributed by atoms with Crippen molar-refractivity contribution in [2.75, 3.05) is 12.8 Å². The fraction of sp³-hybridized carbons (Fsp3) is 0.200. The first-order chi connectivity index (χ1) is 9.84. The third kappa shape index (κ3) is 2.99. The maximum Gasteiger partial charge on any atom is 0.358 e. The largest absolute Gasteiger partial charge is 0.464 e. The molecule has 0 fully saturated rings. The van der Waals surface area contributed by atoms with Gasteiger partial charge in [0.15, 0.2) is 5.69 Å². The average Bonchev–Trinajstić information content (AvgIpc) is 2.46. The number of benzene rings is 1. The number of carbonyl (C=O) groups excluding carboxylic acids is 1. The van der Waals surface area contributed by atoms with Crippen LogP contribution in [0, 0.1) is 0 Å². The van der Waals surface area contributed by atoms with E-state index in [0.717, 1.165) is 13.0 Å². The Morgan fingerprint density at radius 1 is 1.29 bits per heavy atom. The monoisotopic (exact) mass is 292 g/mol. The molecule has 0 aliphatic heterocycles. The lowest BCUT2D eigenvalue weighted by molar-refractivity contribution is 0.0177. The van der Waals surface area contributed by atoms with E-state index >= 15 is 0 Å². The second-order valence-electron chi connectivity index (χ2n) is 4.57. The molecular formula is C15H14F2N2O2. The van der Waals surface area contributed by atoms with E-state index in [-0.39, 0.29) is 22.6 Å². The van der Waals surface area contributed by atoms with Crippen LogP contribution >= 0.6 is 0 Å². The van der Waals surface area contributed by atoms with Gasteiger partial charge in [0.05, 0.1) is 18.5 Å². The number of nitrogens with zero attached hydrogens (tertiary/aromatic N) is 1. The molecule has 2 aromatic rings. The number of alkyl halides is 2. The van der Waals surface area contributed by atoms with Gasteiger partial charge >= 0.3 is 5.97 Å². The summed E-state index contributed by atoms with van der Waals surface area (Å²) in [6.07, 6.45) is 0. The summed E-state index contributed by atoms with van der Waals surface area (Å²) in [4.78, 5) is 15.6. The SMILES string of the molecule is COC(=O)c1nc(-c2ccccc2)c(C(C)(F)F)cc1N. The molecule has 4 nitrogen and oxygen atoms in total. The first-order valence-corrected chi connectivity index (χ1v) is 6.17. The van der Waals surface area contributed by atoms with Gasteiger partial charge in [-0.3, -0.25) is 0 Å². The molecule has 110 valence electrons. The number of nitrogen functional groups attached to an aromatic ring is 1. The minimum atomic E-state index is -3.14. The third-order valence-electron chi connectivity index (χ3n) is 2.95. The number of hydrogen-bond acceptors (Lipinski definition) is 4. The normalized spacial score (nSPS) is 11.2. The van der Waals surface area contributed by atoms with Gasteiger partial charge in [0, 0.05) is 18.1 Å². The fourth-order valence-electron chi connectivity index (χ4n) is 1.94. The van der Waals surface area contributed by atoms with Crippen molar-refractivity contribution in [1.29, 1.82) is 0 Å². The van der Waals surface area contributed by atoms with Crippen molar-refractivity contribution in [1.82, 2.24) is 4.98 Å². The standard InChI is InChI=1S/C15H14F2N2O2/c1-15(16,17)10-8-11(18)13(14(20)21-2)19-12(10)9-6-4-3-5-7-9/h3-8H,18H2,1-2H3. The molecule has 0 atom stereocenters. The highest BCUT2D eigenvalue weighted by Crippen LogP contribution is 2.36. The molecule has 0 unspecified atom stereocenters. The lowest BCUT2D eigenvalue weighted by Crippen LogP contribution is -2.16. The third-order valence-corrected chi connectivity index (χ3v) is 2.95. The van der Waals surface area contributed by atoms with E-state index in [4.69, 9.17) is 5.73 Å². The van der Waals surface area contributed by atoms with Crippen molar-refractivity contribution in [2.45, 2.75) is 12.8 Å². The number of aromatic nitrogens is 1. The van der Waals surface area contributed by atoms with Crippen molar-refractivity contribution < 1.29 is 18.3 Å². The van der Waals surface area contributed by atoms with Gasteiger partial charge in [0.2, 0.25) is 0 Å². The van der Waals surface area contributed by atoms with Crippen molar-refractivity contribution in [2.24, 2.45) is 0 Å². The van der Waals surface area contributed by atoms with Gasteiger partial charge in [-0.15, -0.1) is 0 Å². The molecule has 0 saturated carbocycles. The molecule has 0 spiro atoms. The van der Waals surface area contributed by atoms with Crippen LogP contribution < -0.4 is 5.73 Å². The smallest absolute Gasteiger partial charge is 0.358 e. The van der Waals surface area contributed by atoms with Gasteiger partial charge in [-0.1, -0.05) is 30.3 Å². The molecule has 0 radical (unpaired) electrons. The lowest BCUT2D eigenvalue weighted by Gasteiger charge is -2.17. The molecule has 0 bridgehead atoms. The summed E-state index contributed by atoms with van der Waals surface area (Å²) in [5.41, 5.74) is 5.48. The number of anilines is 1. The zero-order chi connectivity index (χ0) is 15.6. The van der Waals surface area contributed by atoms with E-state index in [0.29, 0.717) is 5.56 Å². The Morgan fingerprint density at radius 3 is 2.43 bits per heavy atom. The summed E-state index contributed by atoms with van der Waals surface area (Å²) in [5, 5.41) is 0. The fourth-order valence-corrected chi connectivity index (χ4v) is 1.94. The summed E-state index contributed by atoms with van der Waals surface area (Å²) in [7, 11) is 1.17. The number of ether oxygens (including phenoxy) is 1. The van der Waals surface area contributed by atoms with Crippen molar-refractivity contribution >= 4 is 11.7 Å². The van der Waals surface area contributed by atoms with E-state index in [1.165, 1.54) is 7.11 Å². The molecule has 0 saturated heterocycles. The van der Waals surface area contributed by atoms with Crippen molar-refractivity contribution in [3.63, 3.8) is 0 Å². The zero-order valence-corrected chi connectivity index (χ0v) is 11.6. The lowest BCUT2D eigenvalue weighted by atomic mass is 10.0. The highest BCUT2D eigenvalue weighted by molar-refractivity contribution is 5.94. The highest BCUT2D eigenvalue weighted by atomic mass is 19.3. The molecule has 6 heteroatoms. The molecule has 21 heavy (non-hydrogen) atoms. The Labute approximate surface area is 120 Å². The second-order valence-corrected chi connectivity index (χ2v) is 4.57. The topological polar surface area (TPSA) is 65.2 Å². The number of nitrogens with two attached hydrogens (primary N) is 1. The van der Waals surface area contributed by atoms with Crippen molar-refractivity contribution in [3.05, 3.63) is 47.7 Å². The summed E-state index contributed by atoms with van der Waals surface area (Å²) >= 11 is 0. The van der Waals surface area contributed by atoms with E-state index in [1.807, 2.05) is 0 Å². The number of carbonyl (C=O) groups is 1. The van der Waals surface area contributed by atoms with Crippen LogP contribution in [0.15, 0.2) is 36.4 Å². The molecule has 0 aliphatic carbocycles. The molecule has 1 heterocycles. The molecule has 0 aliphatic rings. The van der Waals surface area contributed by atoms with E-state index in [2.05, 4.69) is 9.72 Å². The number of methoxy groups -OCH3 is 1. The highest BCUT2D eigenvalue weighted by Gasteiger charge is 2.31. The Balaban J connectivity index is 2.73. The predicted octanol–water partition coefficient (Wildman–Crippen LogP) is 3.23. The maximum atomic E-state index is 13.8. The van der Waals surface area contributed by atoms with Crippen LogP contribution in [0.5, 0.6) is 0 Å². The Bertz CT molecular complexity index is 667. The summed E-state index contributed by atoms with van der Waals surface area (Å²) in [6, 6.07) is 9.49. The van der Waals surface area contributed by atoms with E-state index in [1.54, 1.807) is 30.3 Å². The van der Waals surface area contributed by atoms with Gasteiger partial charge in [-0.05, 0) is 6.07 Å². The summed E-state index contributed by atoms with van der Waals surface area (Å²) < 4.78 is 32.1. The number of halogens is 2. The molecule has 1 aromatic carbocycles. The zero-order valence-electron chi connectivity index (χ0n) is 11.6. The van der Waals surface area contributed by atoms with Gasteiger partial charge in [-0.2, -0.15) is 0 Å². The number of rotatable bonds is 3. The second kappa shape index (κ2) is 5.47. The number of pyridine rings is 1. The van der Waals surface area contributed by atoms with Crippen LogP contribution in [0.1, 0.15) is 23.0 Å². The van der Waals surface area contributed by atoms with Crippen LogP contribution in [0.4, 0.5) is 14.5 Å². The van der Waals surface area contributed by atoms with E-state index in [9.17, 15) is 13.6 Å². The van der Waals surface area contributed by atoms with Crippen LogP contribution in [0.3, 0.4) is 0 Å². The minimum Gasteiger partial charge on any atom is -0.464 e. The van der Waals surface area contributed by atoms with Crippen molar-refractivity contribution in [3.8, 4) is 11.3 Å². The summed E-state index contributed by atoms with van der Waals surface area (Å²) in [6.45, 7) is 0.758. The number of hydrogen-bond donors (Lipinski definition) is 1.